The van der Waals surface area contributed by atoms with Crippen LogP contribution in [0.15, 0.2) is 18.2 Å². The predicted molar refractivity (Wildman–Crippen MR) is 73.1 cm³/mol. The SMILES string of the molecule is COc1cccc(OC)c1OCC1(O)CCCCC1. The Bertz CT molecular complexity index is 388. The number of aliphatic hydroxyl groups is 1. The van der Waals surface area contributed by atoms with Crippen LogP contribution in [0.5, 0.6) is 17.2 Å². The zero-order valence-corrected chi connectivity index (χ0v) is 11.6. The summed E-state index contributed by atoms with van der Waals surface area (Å²) in [5.41, 5.74) is -0.718. The maximum atomic E-state index is 10.5. The lowest BCUT2D eigenvalue weighted by Crippen LogP contribution is -2.38. The molecular formula is C15H22O4. The Hall–Kier alpha value is -1.42. The Morgan fingerprint density at radius 3 is 2.16 bits per heavy atom. The molecular weight excluding hydrogens is 244 g/mol. The lowest BCUT2D eigenvalue weighted by molar-refractivity contribution is -0.0348. The molecule has 0 bridgehead atoms. The summed E-state index contributed by atoms with van der Waals surface area (Å²) in [5, 5.41) is 10.5. The van der Waals surface area contributed by atoms with Gasteiger partial charge in [0.25, 0.3) is 0 Å². The van der Waals surface area contributed by atoms with E-state index < -0.39 is 5.60 Å². The first kappa shape index (κ1) is 14.0. The summed E-state index contributed by atoms with van der Waals surface area (Å²) in [5.74, 6) is 1.81. The van der Waals surface area contributed by atoms with Crippen molar-refractivity contribution >= 4 is 0 Å². The molecule has 0 unspecified atom stereocenters. The van der Waals surface area contributed by atoms with Crippen molar-refractivity contribution in [2.24, 2.45) is 0 Å². The molecule has 0 radical (unpaired) electrons. The van der Waals surface area contributed by atoms with E-state index in [0.717, 1.165) is 25.7 Å². The largest absolute Gasteiger partial charge is 0.493 e. The summed E-state index contributed by atoms with van der Waals surface area (Å²) < 4.78 is 16.3. The number of rotatable bonds is 5. The van der Waals surface area contributed by atoms with Gasteiger partial charge in [-0.3, -0.25) is 0 Å². The Labute approximate surface area is 114 Å². The maximum absolute atomic E-state index is 10.5. The second-order valence-electron chi connectivity index (χ2n) is 5.07. The van der Waals surface area contributed by atoms with Crippen LogP contribution < -0.4 is 14.2 Å². The minimum absolute atomic E-state index is 0.281. The number of ether oxygens (including phenoxy) is 3. The zero-order valence-electron chi connectivity index (χ0n) is 11.6. The van der Waals surface area contributed by atoms with Crippen LogP contribution in [0, 0.1) is 0 Å². The Morgan fingerprint density at radius 1 is 1.05 bits per heavy atom. The smallest absolute Gasteiger partial charge is 0.203 e. The number of para-hydroxylation sites is 1. The van der Waals surface area contributed by atoms with Crippen LogP contribution >= 0.6 is 0 Å². The molecule has 4 nitrogen and oxygen atoms in total. The molecule has 0 aromatic heterocycles. The highest BCUT2D eigenvalue weighted by atomic mass is 16.5. The van der Waals surface area contributed by atoms with E-state index in [1.165, 1.54) is 6.42 Å². The predicted octanol–water partition coefficient (Wildman–Crippen LogP) is 2.78. The van der Waals surface area contributed by atoms with Gasteiger partial charge in [0.2, 0.25) is 5.75 Å². The summed E-state index contributed by atoms with van der Waals surface area (Å²) in [6, 6.07) is 5.49. The van der Waals surface area contributed by atoms with Gasteiger partial charge in [0.1, 0.15) is 6.61 Å². The molecule has 1 fully saturated rings. The number of benzene rings is 1. The Balaban J connectivity index is 2.09. The van der Waals surface area contributed by atoms with Crippen molar-refractivity contribution in [3.8, 4) is 17.2 Å². The molecule has 1 aromatic carbocycles. The van der Waals surface area contributed by atoms with Gasteiger partial charge in [-0.15, -0.1) is 0 Å². The lowest BCUT2D eigenvalue weighted by Gasteiger charge is -2.32. The molecule has 0 atom stereocenters. The molecule has 0 saturated heterocycles. The monoisotopic (exact) mass is 266 g/mol. The lowest BCUT2D eigenvalue weighted by atomic mass is 9.85. The molecule has 4 heteroatoms. The quantitative estimate of drug-likeness (QED) is 0.890. The summed E-state index contributed by atoms with van der Waals surface area (Å²) in [4.78, 5) is 0. The van der Waals surface area contributed by atoms with Crippen molar-refractivity contribution in [1.82, 2.24) is 0 Å². The van der Waals surface area contributed by atoms with E-state index in [1.54, 1.807) is 14.2 Å². The van der Waals surface area contributed by atoms with Gasteiger partial charge in [-0.1, -0.05) is 25.3 Å². The zero-order chi connectivity index (χ0) is 13.7. The van der Waals surface area contributed by atoms with E-state index in [9.17, 15) is 5.11 Å². The van der Waals surface area contributed by atoms with E-state index >= 15 is 0 Å². The van der Waals surface area contributed by atoms with Crippen LogP contribution in [-0.2, 0) is 0 Å². The Morgan fingerprint density at radius 2 is 1.63 bits per heavy atom. The molecule has 1 aromatic rings. The minimum Gasteiger partial charge on any atom is -0.493 e. The van der Waals surface area contributed by atoms with Gasteiger partial charge in [-0.25, -0.2) is 0 Å². The van der Waals surface area contributed by atoms with E-state index in [4.69, 9.17) is 14.2 Å². The molecule has 0 heterocycles. The molecule has 1 aliphatic carbocycles. The molecule has 1 aliphatic rings. The summed E-state index contributed by atoms with van der Waals surface area (Å²) >= 11 is 0. The normalized spacial score (nSPS) is 17.8. The van der Waals surface area contributed by atoms with E-state index in [1.807, 2.05) is 18.2 Å². The summed E-state index contributed by atoms with van der Waals surface area (Å²) in [6.45, 7) is 0.281. The van der Waals surface area contributed by atoms with Crippen molar-refractivity contribution in [1.29, 1.82) is 0 Å². The van der Waals surface area contributed by atoms with Gasteiger partial charge in [0.05, 0.1) is 19.8 Å². The average molecular weight is 266 g/mol. The molecule has 0 amide bonds. The molecule has 2 rings (SSSR count). The standard InChI is InChI=1S/C15H22O4/c1-17-12-7-6-8-13(18-2)14(12)19-11-15(16)9-4-3-5-10-15/h6-8,16H,3-5,9-11H2,1-2H3. The number of hydrogen-bond acceptors (Lipinski definition) is 4. The third-order valence-electron chi connectivity index (χ3n) is 3.65. The first-order valence-electron chi connectivity index (χ1n) is 6.75. The molecule has 1 N–H and O–H groups in total. The van der Waals surface area contributed by atoms with Crippen LogP contribution in [0.3, 0.4) is 0 Å². The van der Waals surface area contributed by atoms with Crippen LogP contribution in [-0.4, -0.2) is 31.5 Å². The van der Waals surface area contributed by atoms with Gasteiger partial charge >= 0.3 is 0 Å². The van der Waals surface area contributed by atoms with Gasteiger partial charge < -0.3 is 19.3 Å². The van der Waals surface area contributed by atoms with Crippen LogP contribution in [0.25, 0.3) is 0 Å². The molecule has 106 valence electrons. The van der Waals surface area contributed by atoms with Crippen molar-refractivity contribution in [2.45, 2.75) is 37.7 Å². The third kappa shape index (κ3) is 3.32. The average Bonchev–Trinajstić information content (AvgIpc) is 2.45. The van der Waals surface area contributed by atoms with Crippen LogP contribution in [0.2, 0.25) is 0 Å². The molecule has 19 heavy (non-hydrogen) atoms. The van der Waals surface area contributed by atoms with Crippen LogP contribution in [0.4, 0.5) is 0 Å². The van der Waals surface area contributed by atoms with Crippen molar-refractivity contribution in [3.63, 3.8) is 0 Å². The highest BCUT2D eigenvalue weighted by molar-refractivity contribution is 5.51. The van der Waals surface area contributed by atoms with E-state index in [2.05, 4.69) is 0 Å². The van der Waals surface area contributed by atoms with Gasteiger partial charge in [-0.05, 0) is 25.0 Å². The van der Waals surface area contributed by atoms with E-state index in [0.29, 0.717) is 17.2 Å². The molecule has 0 spiro atoms. The maximum Gasteiger partial charge on any atom is 0.203 e. The third-order valence-corrected chi connectivity index (χ3v) is 3.65. The summed E-state index contributed by atoms with van der Waals surface area (Å²) in [7, 11) is 3.19. The second-order valence-corrected chi connectivity index (χ2v) is 5.07. The van der Waals surface area contributed by atoms with Crippen molar-refractivity contribution in [2.75, 3.05) is 20.8 Å². The molecule has 0 aliphatic heterocycles. The Kier molecular flexibility index (Phi) is 4.53. The fraction of sp³-hybridized carbons (Fsp3) is 0.600. The first-order valence-corrected chi connectivity index (χ1v) is 6.75. The van der Waals surface area contributed by atoms with Crippen LogP contribution in [0.1, 0.15) is 32.1 Å². The first-order chi connectivity index (χ1) is 9.18. The van der Waals surface area contributed by atoms with Crippen molar-refractivity contribution < 1.29 is 19.3 Å². The second kappa shape index (κ2) is 6.15. The topological polar surface area (TPSA) is 47.9 Å². The summed E-state index contributed by atoms with van der Waals surface area (Å²) in [6.07, 6.45) is 4.90. The van der Waals surface area contributed by atoms with Gasteiger partial charge in [0, 0.05) is 0 Å². The highest BCUT2D eigenvalue weighted by Crippen LogP contribution is 2.38. The highest BCUT2D eigenvalue weighted by Gasteiger charge is 2.30. The van der Waals surface area contributed by atoms with E-state index in [-0.39, 0.29) is 6.61 Å². The molecule has 1 saturated carbocycles. The number of hydrogen-bond donors (Lipinski definition) is 1. The fourth-order valence-corrected chi connectivity index (χ4v) is 2.52. The number of methoxy groups -OCH3 is 2. The van der Waals surface area contributed by atoms with Gasteiger partial charge in [0.15, 0.2) is 11.5 Å². The van der Waals surface area contributed by atoms with Gasteiger partial charge in [-0.2, -0.15) is 0 Å². The minimum atomic E-state index is -0.718. The van der Waals surface area contributed by atoms with Crippen molar-refractivity contribution in [3.05, 3.63) is 18.2 Å². The fourth-order valence-electron chi connectivity index (χ4n) is 2.52.